The van der Waals surface area contributed by atoms with Gasteiger partial charge in [-0.3, -0.25) is 14.5 Å². The molecular formula is C18H31NO2. The van der Waals surface area contributed by atoms with Crippen molar-refractivity contribution in [1.29, 1.82) is 0 Å². The molecule has 1 rings (SSSR count). The van der Waals surface area contributed by atoms with Gasteiger partial charge in [0.1, 0.15) is 0 Å². The third-order valence-electron chi connectivity index (χ3n) is 4.07. The van der Waals surface area contributed by atoms with Crippen molar-refractivity contribution >= 4 is 11.8 Å². The van der Waals surface area contributed by atoms with E-state index in [4.69, 9.17) is 0 Å². The average molecular weight is 293 g/mol. The van der Waals surface area contributed by atoms with Gasteiger partial charge >= 0.3 is 0 Å². The van der Waals surface area contributed by atoms with E-state index in [9.17, 15) is 9.59 Å². The predicted octanol–water partition coefficient (Wildman–Crippen LogP) is 4.61. The minimum Gasteiger partial charge on any atom is -0.282 e. The fourth-order valence-corrected chi connectivity index (χ4v) is 2.73. The topological polar surface area (TPSA) is 37.4 Å². The molecule has 1 aliphatic rings. The summed E-state index contributed by atoms with van der Waals surface area (Å²) >= 11 is 0. The third-order valence-corrected chi connectivity index (χ3v) is 4.07. The Morgan fingerprint density at radius 2 is 1.62 bits per heavy atom. The van der Waals surface area contributed by atoms with E-state index < -0.39 is 0 Å². The van der Waals surface area contributed by atoms with Crippen LogP contribution in [0.3, 0.4) is 0 Å². The van der Waals surface area contributed by atoms with Crippen molar-refractivity contribution in [2.24, 2.45) is 0 Å². The zero-order valence-corrected chi connectivity index (χ0v) is 13.6. The Hall–Kier alpha value is -1.12. The molecule has 0 atom stereocenters. The molecule has 0 fully saturated rings. The van der Waals surface area contributed by atoms with E-state index in [2.05, 4.69) is 6.92 Å². The van der Waals surface area contributed by atoms with E-state index in [1.165, 1.54) is 49.8 Å². The summed E-state index contributed by atoms with van der Waals surface area (Å²) in [5.41, 5.74) is 0. The highest BCUT2D eigenvalue weighted by Crippen LogP contribution is 2.12. The largest absolute Gasteiger partial charge is 0.282 e. The molecule has 0 unspecified atom stereocenters. The van der Waals surface area contributed by atoms with Crippen LogP contribution in [-0.4, -0.2) is 23.3 Å². The van der Waals surface area contributed by atoms with Gasteiger partial charge in [-0.2, -0.15) is 0 Å². The van der Waals surface area contributed by atoms with Crippen molar-refractivity contribution in [3.8, 4) is 0 Å². The van der Waals surface area contributed by atoms with Crippen molar-refractivity contribution in [1.82, 2.24) is 4.90 Å². The standard InChI is InChI=1S/C18H31NO2/c1-2-3-4-5-6-7-8-9-11-14-17(20)19-16-13-10-12-15-18(19)21/h10,12H,2-9,11,13-16H2,1H3. The molecule has 21 heavy (non-hydrogen) atoms. The van der Waals surface area contributed by atoms with Crippen molar-refractivity contribution in [2.75, 3.05) is 6.54 Å². The van der Waals surface area contributed by atoms with Crippen LogP contribution >= 0.6 is 0 Å². The van der Waals surface area contributed by atoms with Crippen LogP contribution in [0.1, 0.15) is 84.0 Å². The molecule has 0 aromatic heterocycles. The van der Waals surface area contributed by atoms with Crippen LogP contribution in [-0.2, 0) is 9.59 Å². The summed E-state index contributed by atoms with van der Waals surface area (Å²) in [5, 5.41) is 0. The second-order valence-corrected chi connectivity index (χ2v) is 5.98. The minimum atomic E-state index is -0.0373. The van der Waals surface area contributed by atoms with E-state index in [1.807, 2.05) is 12.2 Å². The summed E-state index contributed by atoms with van der Waals surface area (Å²) in [4.78, 5) is 25.3. The molecule has 120 valence electrons. The van der Waals surface area contributed by atoms with Gasteiger partial charge in [0.25, 0.3) is 0 Å². The first-order valence-corrected chi connectivity index (χ1v) is 8.74. The van der Waals surface area contributed by atoms with Gasteiger partial charge in [0, 0.05) is 19.4 Å². The molecule has 0 aliphatic carbocycles. The molecule has 3 heteroatoms. The zero-order valence-electron chi connectivity index (χ0n) is 13.6. The summed E-state index contributed by atoms with van der Waals surface area (Å²) in [5.74, 6) is -0.0173. The molecule has 0 aromatic carbocycles. The van der Waals surface area contributed by atoms with E-state index in [0.717, 1.165) is 19.3 Å². The quantitative estimate of drug-likeness (QED) is 0.435. The molecule has 0 N–H and O–H groups in total. The van der Waals surface area contributed by atoms with Gasteiger partial charge in [-0.1, -0.05) is 70.4 Å². The number of rotatable bonds is 10. The molecule has 0 saturated carbocycles. The van der Waals surface area contributed by atoms with Gasteiger partial charge in [0.05, 0.1) is 0 Å². The monoisotopic (exact) mass is 293 g/mol. The van der Waals surface area contributed by atoms with Gasteiger partial charge in [-0.05, 0) is 12.8 Å². The smallest absolute Gasteiger partial charge is 0.232 e. The number of hydrogen-bond acceptors (Lipinski definition) is 2. The highest BCUT2D eigenvalue weighted by Gasteiger charge is 2.20. The highest BCUT2D eigenvalue weighted by molar-refractivity contribution is 5.96. The van der Waals surface area contributed by atoms with E-state index in [0.29, 0.717) is 19.4 Å². The van der Waals surface area contributed by atoms with Gasteiger partial charge in [-0.25, -0.2) is 0 Å². The summed E-state index contributed by atoms with van der Waals surface area (Å²) in [6.07, 6.45) is 16.8. The van der Waals surface area contributed by atoms with Gasteiger partial charge in [0.15, 0.2) is 0 Å². The molecule has 0 radical (unpaired) electrons. The number of carbonyl (C=O) groups is 2. The Balaban J connectivity index is 2.01. The normalized spacial score (nSPS) is 15.3. The minimum absolute atomic E-state index is 0.0200. The molecule has 1 aliphatic heterocycles. The first-order valence-electron chi connectivity index (χ1n) is 8.74. The lowest BCUT2D eigenvalue weighted by Crippen LogP contribution is -2.36. The molecule has 3 nitrogen and oxygen atoms in total. The molecule has 0 saturated heterocycles. The Morgan fingerprint density at radius 1 is 1.00 bits per heavy atom. The van der Waals surface area contributed by atoms with Crippen LogP contribution in [0.4, 0.5) is 0 Å². The van der Waals surface area contributed by atoms with Crippen molar-refractivity contribution < 1.29 is 9.59 Å². The first-order chi connectivity index (χ1) is 10.3. The maximum absolute atomic E-state index is 12.0. The second-order valence-electron chi connectivity index (χ2n) is 5.98. The summed E-state index contributed by atoms with van der Waals surface area (Å²) in [7, 11) is 0. The zero-order chi connectivity index (χ0) is 15.3. The van der Waals surface area contributed by atoms with Crippen molar-refractivity contribution in [3.63, 3.8) is 0 Å². The second kappa shape index (κ2) is 11.5. The molecule has 2 amide bonds. The molecule has 0 bridgehead atoms. The van der Waals surface area contributed by atoms with Crippen LogP contribution in [0.2, 0.25) is 0 Å². The lowest BCUT2D eigenvalue weighted by Gasteiger charge is -2.18. The van der Waals surface area contributed by atoms with E-state index in [1.54, 1.807) is 0 Å². The van der Waals surface area contributed by atoms with Crippen LogP contribution in [0.25, 0.3) is 0 Å². The Bertz CT molecular complexity index is 336. The molecule has 1 heterocycles. The number of unbranched alkanes of at least 4 members (excludes halogenated alkanes) is 8. The number of imide groups is 1. The fraction of sp³-hybridized carbons (Fsp3) is 0.778. The lowest BCUT2D eigenvalue weighted by atomic mass is 10.1. The van der Waals surface area contributed by atoms with E-state index in [-0.39, 0.29) is 11.8 Å². The third kappa shape index (κ3) is 8.03. The molecular weight excluding hydrogens is 262 g/mol. The lowest BCUT2D eigenvalue weighted by molar-refractivity contribution is -0.144. The Kier molecular flexibility index (Phi) is 9.84. The van der Waals surface area contributed by atoms with Crippen LogP contribution in [0.15, 0.2) is 12.2 Å². The number of carbonyl (C=O) groups excluding carboxylic acids is 2. The maximum Gasteiger partial charge on any atom is 0.232 e. The number of hydrogen-bond donors (Lipinski definition) is 0. The van der Waals surface area contributed by atoms with Gasteiger partial charge < -0.3 is 0 Å². The van der Waals surface area contributed by atoms with Crippen LogP contribution in [0.5, 0.6) is 0 Å². The average Bonchev–Trinajstić information content (AvgIpc) is 2.70. The Morgan fingerprint density at radius 3 is 2.29 bits per heavy atom. The summed E-state index contributed by atoms with van der Waals surface area (Å²) in [6.45, 7) is 2.80. The van der Waals surface area contributed by atoms with Crippen LogP contribution in [0, 0.1) is 0 Å². The number of amides is 2. The van der Waals surface area contributed by atoms with Gasteiger partial charge in [0.2, 0.25) is 11.8 Å². The van der Waals surface area contributed by atoms with Gasteiger partial charge in [-0.15, -0.1) is 0 Å². The number of nitrogens with zero attached hydrogens (tertiary/aromatic N) is 1. The maximum atomic E-state index is 12.0. The Labute approximate surface area is 129 Å². The first kappa shape index (κ1) is 17.9. The van der Waals surface area contributed by atoms with Crippen molar-refractivity contribution in [2.45, 2.75) is 84.0 Å². The SMILES string of the molecule is CCCCCCCCCCCC(=O)N1CCC=CCC1=O. The highest BCUT2D eigenvalue weighted by atomic mass is 16.2. The summed E-state index contributed by atoms with van der Waals surface area (Å²) < 4.78 is 0. The predicted molar refractivity (Wildman–Crippen MR) is 86.9 cm³/mol. The van der Waals surface area contributed by atoms with Crippen LogP contribution < -0.4 is 0 Å². The van der Waals surface area contributed by atoms with E-state index >= 15 is 0 Å². The summed E-state index contributed by atoms with van der Waals surface area (Å²) in [6, 6.07) is 0. The van der Waals surface area contributed by atoms with Crippen molar-refractivity contribution in [3.05, 3.63) is 12.2 Å². The molecule has 0 aromatic rings. The fourth-order valence-electron chi connectivity index (χ4n) is 2.73. The molecule has 0 spiro atoms.